The summed E-state index contributed by atoms with van der Waals surface area (Å²) in [6, 6.07) is 0. The van der Waals surface area contributed by atoms with E-state index in [0.717, 1.165) is 0 Å². The number of aliphatic carboxylic acids is 2. The molecule has 8 heteroatoms. The highest BCUT2D eigenvalue weighted by Crippen LogP contribution is 2.49. The maximum Gasteiger partial charge on any atom is 0.332 e. The molecule has 0 aliphatic rings. The Bertz CT molecular complexity index is 656. The third kappa shape index (κ3) is 9.73. The van der Waals surface area contributed by atoms with Crippen LogP contribution in [0.1, 0.15) is 95.9 Å². The van der Waals surface area contributed by atoms with Gasteiger partial charge in [0.1, 0.15) is 5.41 Å². The SMILES string of the molecule is C=C(C(=O)O)C(C(=O)O)(C(C)CC(C)(C)OOC(C)(C)C)C(C)CC(C)(C)OOC(C)(C)C. The van der Waals surface area contributed by atoms with Crippen molar-refractivity contribution in [2.75, 3.05) is 0 Å². The van der Waals surface area contributed by atoms with Crippen molar-refractivity contribution >= 4 is 11.9 Å². The monoisotopic (exact) mass is 474 g/mol. The second-order valence-electron chi connectivity index (χ2n) is 12.2. The van der Waals surface area contributed by atoms with Crippen LogP contribution in [0.4, 0.5) is 0 Å². The standard InChI is InChI=1S/C25H46O8/c1-16(14-23(10,11)32-30-21(4,5)6)25(20(28)29,18(3)19(26)27)17(2)15-24(12,13)33-31-22(7,8)9/h16-17H,3,14-15H2,1-2,4-13H3,(H,26,27)(H,28,29). The number of carbonyl (C=O) groups is 2. The zero-order valence-corrected chi connectivity index (χ0v) is 22.6. The van der Waals surface area contributed by atoms with Gasteiger partial charge < -0.3 is 10.2 Å². The van der Waals surface area contributed by atoms with Crippen molar-refractivity contribution < 1.29 is 39.4 Å². The zero-order chi connectivity index (χ0) is 26.6. The smallest absolute Gasteiger partial charge is 0.332 e. The fraction of sp³-hybridized carbons (Fsp3) is 0.840. The van der Waals surface area contributed by atoms with Gasteiger partial charge in [0, 0.05) is 5.57 Å². The first-order chi connectivity index (χ1) is 14.5. The van der Waals surface area contributed by atoms with E-state index in [9.17, 15) is 19.8 Å². The Hall–Kier alpha value is -1.48. The number of hydrogen-bond acceptors (Lipinski definition) is 6. The first-order valence-electron chi connectivity index (χ1n) is 11.4. The van der Waals surface area contributed by atoms with Gasteiger partial charge in [-0.05, 0) is 93.9 Å². The molecule has 2 unspecified atom stereocenters. The second kappa shape index (κ2) is 10.8. The molecule has 0 saturated carbocycles. The van der Waals surface area contributed by atoms with Crippen molar-refractivity contribution in [3.63, 3.8) is 0 Å². The summed E-state index contributed by atoms with van der Waals surface area (Å²) < 4.78 is 0. The molecular formula is C25H46O8. The summed E-state index contributed by atoms with van der Waals surface area (Å²) >= 11 is 0. The van der Waals surface area contributed by atoms with Crippen LogP contribution < -0.4 is 0 Å². The molecule has 0 rings (SSSR count). The summed E-state index contributed by atoms with van der Waals surface area (Å²) in [5.41, 5.74) is -5.04. The molecular weight excluding hydrogens is 428 g/mol. The quantitative estimate of drug-likeness (QED) is 0.196. The van der Waals surface area contributed by atoms with E-state index in [2.05, 4.69) is 6.58 Å². The van der Waals surface area contributed by atoms with Gasteiger partial charge in [-0.25, -0.2) is 24.3 Å². The van der Waals surface area contributed by atoms with E-state index in [1.54, 1.807) is 41.5 Å². The van der Waals surface area contributed by atoms with Crippen molar-refractivity contribution in [2.45, 2.75) is 118 Å². The minimum atomic E-state index is -1.78. The molecule has 0 amide bonds. The third-order valence-electron chi connectivity index (χ3n) is 5.30. The van der Waals surface area contributed by atoms with Crippen LogP contribution in [0.3, 0.4) is 0 Å². The number of hydrogen-bond donors (Lipinski definition) is 2. The molecule has 33 heavy (non-hydrogen) atoms. The molecule has 0 spiro atoms. The molecule has 0 saturated heterocycles. The van der Waals surface area contributed by atoms with Gasteiger partial charge in [-0.2, -0.15) is 0 Å². The molecule has 194 valence electrons. The maximum atomic E-state index is 12.8. The molecule has 0 aromatic rings. The highest BCUT2D eigenvalue weighted by atomic mass is 17.2. The van der Waals surface area contributed by atoms with Gasteiger partial charge in [0.2, 0.25) is 0 Å². The minimum absolute atomic E-state index is 0.214. The Labute approximate surface area is 199 Å². The second-order valence-corrected chi connectivity index (χ2v) is 12.2. The fourth-order valence-corrected chi connectivity index (χ4v) is 4.15. The predicted molar refractivity (Wildman–Crippen MR) is 126 cm³/mol. The van der Waals surface area contributed by atoms with E-state index >= 15 is 0 Å². The molecule has 0 fully saturated rings. The normalized spacial score (nSPS) is 17.2. The van der Waals surface area contributed by atoms with E-state index in [-0.39, 0.29) is 18.4 Å². The Kier molecular flexibility index (Phi) is 10.4. The van der Waals surface area contributed by atoms with E-state index in [4.69, 9.17) is 19.6 Å². The zero-order valence-electron chi connectivity index (χ0n) is 22.6. The summed E-state index contributed by atoms with van der Waals surface area (Å²) in [6.45, 7) is 25.3. The lowest BCUT2D eigenvalue weighted by Crippen LogP contribution is -2.50. The van der Waals surface area contributed by atoms with Crippen LogP contribution in [0.25, 0.3) is 0 Å². The number of rotatable bonds is 13. The predicted octanol–water partition coefficient (Wildman–Crippen LogP) is 5.80. The van der Waals surface area contributed by atoms with Crippen molar-refractivity contribution in [3.8, 4) is 0 Å². The highest BCUT2D eigenvalue weighted by Gasteiger charge is 2.55. The maximum absolute atomic E-state index is 12.8. The van der Waals surface area contributed by atoms with E-state index in [0.29, 0.717) is 0 Å². The van der Waals surface area contributed by atoms with Gasteiger partial charge in [-0.3, -0.25) is 4.79 Å². The van der Waals surface area contributed by atoms with E-state index in [1.807, 2.05) is 41.5 Å². The minimum Gasteiger partial charge on any atom is -0.481 e. The van der Waals surface area contributed by atoms with Gasteiger partial charge in [0.25, 0.3) is 0 Å². The van der Waals surface area contributed by atoms with Crippen molar-refractivity contribution in [3.05, 3.63) is 12.2 Å². The lowest BCUT2D eigenvalue weighted by molar-refractivity contribution is -0.401. The Morgan fingerprint density at radius 2 is 1.00 bits per heavy atom. The summed E-state index contributed by atoms with van der Waals surface area (Å²) in [7, 11) is 0. The van der Waals surface area contributed by atoms with Gasteiger partial charge in [-0.15, -0.1) is 0 Å². The Balaban J connectivity index is 6.14. The molecule has 0 bridgehead atoms. The first kappa shape index (κ1) is 31.5. The molecule has 2 atom stereocenters. The van der Waals surface area contributed by atoms with E-state index in [1.165, 1.54) is 0 Å². The fourth-order valence-electron chi connectivity index (χ4n) is 4.15. The molecule has 0 heterocycles. The largest absolute Gasteiger partial charge is 0.481 e. The van der Waals surface area contributed by atoms with Crippen LogP contribution in [0.2, 0.25) is 0 Å². The molecule has 0 aromatic carbocycles. The van der Waals surface area contributed by atoms with Crippen LogP contribution in [-0.4, -0.2) is 44.6 Å². The van der Waals surface area contributed by atoms with Crippen LogP contribution in [0.15, 0.2) is 12.2 Å². The summed E-state index contributed by atoms with van der Waals surface area (Å²) in [6.07, 6.45) is 0.428. The lowest BCUT2D eigenvalue weighted by Gasteiger charge is -2.44. The molecule has 8 nitrogen and oxygen atoms in total. The van der Waals surface area contributed by atoms with Crippen LogP contribution in [0, 0.1) is 17.3 Å². The van der Waals surface area contributed by atoms with E-state index < -0.39 is 51.6 Å². The molecule has 0 aromatic heterocycles. The van der Waals surface area contributed by atoms with Crippen molar-refractivity contribution in [1.82, 2.24) is 0 Å². The van der Waals surface area contributed by atoms with Gasteiger partial charge in [-0.1, -0.05) is 20.4 Å². The summed E-state index contributed by atoms with van der Waals surface area (Å²) in [5, 5.41) is 20.2. The average Bonchev–Trinajstić information content (AvgIpc) is 2.56. The molecule has 2 N–H and O–H groups in total. The summed E-state index contributed by atoms with van der Waals surface area (Å²) in [4.78, 5) is 47.0. The molecule has 0 aliphatic carbocycles. The van der Waals surface area contributed by atoms with Crippen LogP contribution >= 0.6 is 0 Å². The first-order valence-corrected chi connectivity index (χ1v) is 11.4. The van der Waals surface area contributed by atoms with Crippen LogP contribution in [-0.2, 0) is 29.1 Å². The number of carboxylic acids is 2. The van der Waals surface area contributed by atoms with Crippen molar-refractivity contribution in [1.29, 1.82) is 0 Å². The summed E-state index contributed by atoms with van der Waals surface area (Å²) in [5.74, 6) is -3.93. The van der Waals surface area contributed by atoms with Crippen molar-refractivity contribution in [2.24, 2.45) is 17.3 Å². The highest BCUT2D eigenvalue weighted by molar-refractivity contribution is 5.96. The van der Waals surface area contributed by atoms with Gasteiger partial charge in [0.05, 0.1) is 22.4 Å². The topological polar surface area (TPSA) is 112 Å². The number of carboxylic acid groups (broad SMARTS) is 2. The molecule has 0 aliphatic heterocycles. The van der Waals surface area contributed by atoms with Gasteiger partial charge >= 0.3 is 11.9 Å². The molecule has 0 radical (unpaired) electrons. The third-order valence-corrected chi connectivity index (χ3v) is 5.30. The average molecular weight is 475 g/mol. The Morgan fingerprint density at radius 1 is 0.697 bits per heavy atom. The Morgan fingerprint density at radius 3 is 1.21 bits per heavy atom. The lowest BCUT2D eigenvalue weighted by atomic mass is 9.59. The van der Waals surface area contributed by atoms with Gasteiger partial charge in [0.15, 0.2) is 0 Å². The van der Waals surface area contributed by atoms with Crippen LogP contribution in [0.5, 0.6) is 0 Å².